The van der Waals surface area contributed by atoms with Gasteiger partial charge in [0.05, 0.1) is 12.8 Å². The third-order valence-corrected chi connectivity index (χ3v) is 8.65. The molecule has 2 atom stereocenters. The van der Waals surface area contributed by atoms with Crippen LogP contribution in [-0.2, 0) is 14.3 Å². The first-order valence-corrected chi connectivity index (χ1v) is 10.5. The lowest BCUT2D eigenvalue weighted by Gasteiger charge is -2.47. The number of amides is 3. The second kappa shape index (κ2) is 6.15. The molecule has 124 valence electrons. The molecule has 0 spiro atoms. The van der Waals surface area contributed by atoms with E-state index in [4.69, 9.17) is 4.74 Å². The number of esters is 1. The van der Waals surface area contributed by atoms with E-state index in [-0.39, 0.29) is 0 Å². The van der Waals surface area contributed by atoms with E-state index in [1.165, 1.54) is 19.1 Å². The number of benzene rings is 1. The molecule has 7 heteroatoms. The van der Waals surface area contributed by atoms with E-state index >= 15 is 0 Å². The second-order valence-electron chi connectivity index (χ2n) is 6.32. The van der Waals surface area contributed by atoms with E-state index in [1.807, 2.05) is 30.3 Å². The van der Waals surface area contributed by atoms with Gasteiger partial charge in [0.15, 0.2) is 5.92 Å². The Labute approximate surface area is 137 Å². The minimum Gasteiger partial charge on any atom is -0.468 e. The number of methoxy groups -OCH3 is 1. The molecular formula is C16H22N2O4Si. The van der Waals surface area contributed by atoms with Crippen LogP contribution in [0, 0.1) is 5.92 Å². The maximum atomic E-state index is 12.6. The number of urea groups is 1. The van der Waals surface area contributed by atoms with Gasteiger partial charge < -0.3 is 9.64 Å². The number of hydrogen-bond acceptors (Lipinski definition) is 4. The van der Waals surface area contributed by atoms with E-state index in [2.05, 4.69) is 13.1 Å². The van der Waals surface area contributed by atoms with E-state index in [1.54, 1.807) is 7.05 Å². The number of rotatable bonds is 3. The Balaban J connectivity index is 2.56. The fourth-order valence-corrected chi connectivity index (χ4v) is 6.90. The minimum atomic E-state index is -2.34. The van der Waals surface area contributed by atoms with E-state index in [9.17, 15) is 14.4 Å². The van der Waals surface area contributed by atoms with Crippen LogP contribution in [0.4, 0.5) is 4.79 Å². The molecule has 0 aliphatic carbocycles. The zero-order chi connectivity index (χ0) is 17.4. The largest absolute Gasteiger partial charge is 0.468 e. The van der Waals surface area contributed by atoms with Gasteiger partial charge in [-0.3, -0.25) is 14.5 Å². The quantitative estimate of drug-likeness (QED) is 0.466. The minimum absolute atomic E-state index is 0.392. The normalized spacial score (nSPS) is 22.3. The lowest BCUT2D eigenvalue weighted by molar-refractivity contribution is -0.155. The van der Waals surface area contributed by atoms with Gasteiger partial charge in [-0.25, -0.2) is 4.79 Å². The summed E-state index contributed by atoms with van der Waals surface area (Å²) in [7, 11) is 1.96. The van der Waals surface area contributed by atoms with Crippen LogP contribution in [0.2, 0.25) is 13.1 Å². The average molecular weight is 334 g/mol. The van der Waals surface area contributed by atoms with Crippen molar-refractivity contribution in [1.29, 1.82) is 0 Å². The summed E-state index contributed by atoms with van der Waals surface area (Å²) in [5.74, 6) is -2.08. The highest BCUT2D eigenvalue weighted by Gasteiger charge is 2.54. The molecule has 1 aromatic rings. The van der Waals surface area contributed by atoms with Crippen molar-refractivity contribution in [3.8, 4) is 0 Å². The molecule has 1 heterocycles. The Hall–Kier alpha value is -2.15. The van der Waals surface area contributed by atoms with Gasteiger partial charge in [-0.1, -0.05) is 48.6 Å². The highest BCUT2D eigenvalue weighted by atomic mass is 28.3. The maximum absolute atomic E-state index is 12.6. The summed E-state index contributed by atoms with van der Waals surface area (Å²) in [5.41, 5.74) is -0.492. The third kappa shape index (κ3) is 2.76. The van der Waals surface area contributed by atoms with Crippen molar-refractivity contribution in [3.63, 3.8) is 0 Å². The first-order valence-electron chi connectivity index (χ1n) is 7.41. The van der Waals surface area contributed by atoms with E-state index < -0.39 is 37.6 Å². The highest BCUT2D eigenvalue weighted by molar-refractivity contribution is 6.91. The molecule has 1 aromatic carbocycles. The Bertz CT molecular complexity index is 632. The van der Waals surface area contributed by atoms with Crippen molar-refractivity contribution in [3.05, 3.63) is 30.3 Å². The Morgan fingerprint density at radius 2 is 1.70 bits per heavy atom. The van der Waals surface area contributed by atoms with Crippen molar-refractivity contribution < 1.29 is 19.1 Å². The van der Waals surface area contributed by atoms with Gasteiger partial charge in [-0.15, -0.1) is 0 Å². The number of ether oxygens (including phenoxy) is 1. The van der Waals surface area contributed by atoms with Crippen molar-refractivity contribution in [1.82, 2.24) is 9.80 Å². The number of hydrogen-bond donors (Lipinski definition) is 0. The summed E-state index contributed by atoms with van der Waals surface area (Å²) >= 11 is 0. The lowest BCUT2D eigenvalue weighted by atomic mass is 10.1. The molecule has 1 aliphatic rings. The first kappa shape index (κ1) is 17.2. The summed E-state index contributed by atoms with van der Waals surface area (Å²) in [6.07, 6.45) is 0. The summed E-state index contributed by atoms with van der Waals surface area (Å²) in [6, 6.07) is 9.35. The topological polar surface area (TPSA) is 66.9 Å². The van der Waals surface area contributed by atoms with Gasteiger partial charge in [-0.2, -0.15) is 0 Å². The van der Waals surface area contributed by atoms with Crippen LogP contribution in [0.5, 0.6) is 0 Å². The second-order valence-corrected chi connectivity index (χ2v) is 10.9. The molecule has 0 N–H and O–H groups in total. The van der Waals surface area contributed by atoms with Crippen LogP contribution in [0.3, 0.4) is 0 Å². The molecule has 1 aliphatic heterocycles. The summed E-state index contributed by atoms with van der Waals surface area (Å²) in [4.78, 5) is 39.7. The van der Waals surface area contributed by atoms with Gasteiger partial charge in [-0.05, 0) is 0 Å². The van der Waals surface area contributed by atoms with Gasteiger partial charge in [0.1, 0.15) is 8.07 Å². The summed E-state index contributed by atoms with van der Waals surface area (Å²) in [5, 5.41) is 1.08. The first-order chi connectivity index (χ1) is 10.7. The summed E-state index contributed by atoms with van der Waals surface area (Å²) < 4.78 is 4.85. The molecular weight excluding hydrogens is 312 g/mol. The van der Waals surface area contributed by atoms with Gasteiger partial charge in [0.2, 0.25) is 5.91 Å². The van der Waals surface area contributed by atoms with Crippen LogP contribution in [-0.4, -0.2) is 62.7 Å². The Morgan fingerprint density at radius 3 is 2.22 bits per heavy atom. The number of imide groups is 1. The molecule has 23 heavy (non-hydrogen) atoms. The molecule has 0 unspecified atom stereocenters. The molecule has 1 fully saturated rings. The molecule has 3 amide bonds. The van der Waals surface area contributed by atoms with Crippen molar-refractivity contribution >= 4 is 31.2 Å². The smallest absolute Gasteiger partial charge is 0.326 e. The van der Waals surface area contributed by atoms with Crippen LogP contribution in [0.1, 0.15) is 0 Å². The molecule has 0 bridgehead atoms. The van der Waals surface area contributed by atoms with Crippen molar-refractivity contribution in [2.45, 2.75) is 18.8 Å². The van der Waals surface area contributed by atoms with Gasteiger partial charge >= 0.3 is 12.0 Å². The Kier molecular flexibility index (Phi) is 4.60. The maximum Gasteiger partial charge on any atom is 0.326 e. The Morgan fingerprint density at radius 1 is 1.13 bits per heavy atom. The SMILES string of the molecule is COC(=O)[C@@H]1C(=O)N(C)C(=O)N(C)[C@H]1[Si](C)(C)c1ccccc1. The van der Waals surface area contributed by atoms with Crippen molar-refractivity contribution in [2.24, 2.45) is 5.92 Å². The predicted octanol–water partition coefficient (Wildman–Crippen LogP) is 0.823. The van der Waals surface area contributed by atoms with Crippen LogP contribution >= 0.6 is 0 Å². The third-order valence-electron chi connectivity index (χ3n) is 4.63. The zero-order valence-electron chi connectivity index (χ0n) is 14.1. The van der Waals surface area contributed by atoms with E-state index in [0.29, 0.717) is 0 Å². The van der Waals surface area contributed by atoms with Crippen LogP contribution < -0.4 is 5.19 Å². The number of nitrogens with zero attached hydrogens (tertiary/aromatic N) is 2. The molecule has 0 saturated carbocycles. The lowest BCUT2D eigenvalue weighted by Crippen LogP contribution is -2.71. The fraction of sp³-hybridized carbons (Fsp3) is 0.438. The highest BCUT2D eigenvalue weighted by Crippen LogP contribution is 2.29. The number of carbonyl (C=O) groups excluding carboxylic acids is 3. The average Bonchev–Trinajstić information content (AvgIpc) is 2.55. The molecule has 1 saturated heterocycles. The van der Waals surface area contributed by atoms with Crippen molar-refractivity contribution in [2.75, 3.05) is 21.2 Å². The standard InChI is InChI=1S/C16H22N2O4Si/c1-17-13(19)12(15(20)22-3)14(18(2)16(17)21)23(4,5)11-9-7-6-8-10-11/h6-10,12,14H,1-5H3/t12-,14+/m1/s1. The van der Waals surface area contributed by atoms with Crippen LogP contribution in [0.15, 0.2) is 30.3 Å². The molecule has 6 nitrogen and oxygen atoms in total. The number of carbonyl (C=O) groups is 3. The molecule has 0 radical (unpaired) electrons. The van der Waals surface area contributed by atoms with E-state index in [0.717, 1.165) is 10.1 Å². The molecule has 2 rings (SSSR count). The summed E-state index contributed by atoms with van der Waals surface area (Å²) in [6.45, 7) is 4.12. The monoisotopic (exact) mass is 334 g/mol. The fourth-order valence-electron chi connectivity index (χ4n) is 3.31. The van der Waals surface area contributed by atoms with Gasteiger partial charge in [0.25, 0.3) is 0 Å². The zero-order valence-corrected chi connectivity index (χ0v) is 15.1. The van der Waals surface area contributed by atoms with Gasteiger partial charge in [0, 0.05) is 14.1 Å². The predicted molar refractivity (Wildman–Crippen MR) is 88.8 cm³/mol. The van der Waals surface area contributed by atoms with Crippen LogP contribution in [0.25, 0.3) is 0 Å². The molecule has 0 aromatic heterocycles.